The van der Waals surface area contributed by atoms with Crippen LogP contribution in [0, 0.1) is 4.91 Å². The van der Waals surface area contributed by atoms with Crippen LogP contribution < -0.4 is 29.3 Å². The predicted octanol–water partition coefficient (Wildman–Crippen LogP) is 4.95. The van der Waals surface area contributed by atoms with E-state index in [0.717, 1.165) is 66.7 Å². The Morgan fingerprint density at radius 3 is 2.58 bits per heavy atom. The fourth-order valence-electron chi connectivity index (χ4n) is 6.12. The van der Waals surface area contributed by atoms with Crippen molar-refractivity contribution >= 4 is 11.4 Å². The van der Waals surface area contributed by atoms with Gasteiger partial charge in [-0.3, -0.25) is 0 Å². The second-order valence-electron chi connectivity index (χ2n) is 11.3. The number of benzene rings is 3. The predicted molar refractivity (Wildman–Crippen MR) is 166 cm³/mol. The van der Waals surface area contributed by atoms with Gasteiger partial charge in [0, 0.05) is 52.4 Å². The number of hydrogen-bond acceptors (Lipinski definition) is 10. The molecule has 3 atom stereocenters. The molecule has 3 aromatic rings. The van der Waals surface area contributed by atoms with E-state index < -0.39 is 6.04 Å². The molecule has 0 spiro atoms. The molecule has 228 valence electrons. The van der Waals surface area contributed by atoms with Gasteiger partial charge in [0.15, 0.2) is 0 Å². The maximum Gasteiger partial charge on any atom is 0.146 e. The molecule has 0 aliphatic carbocycles. The maximum absolute atomic E-state index is 11.9. The molecule has 1 N–H and O–H groups in total. The van der Waals surface area contributed by atoms with Crippen molar-refractivity contribution in [2.24, 2.45) is 5.18 Å². The zero-order valence-corrected chi connectivity index (χ0v) is 24.9. The molecule has 3 aliphatic heterocycles. The summed E-state index contributed by atoms with van der Waals surface area (Å²) in [6.45, 7) is 6.25. The van der Waals surface area contributed by atoms with Crippen molar-refractivity contribution in [2.45, 2.75) is 31.1 Å². The number of anilines is 2. The number of rotatable bonds is 11. The zero-order chi connectivity index (χ0) is 29.6. The molecule has 10 heteroatoms. The Hall–Kier alpha value is -3.86. The number of piperidine rings is 1. The lowest BCUT2D eigenvalue weighted by Crippen LogP contribution is -2.48. The van der Waals surface area contributed by atoms with Gasteiger partial charge in [-0.2, -0.15) is 4.91 Å². The van der Waals surface area contributed by atoms with Crippen molar-refractivity contribution in [2.75, 3.05) is 76.5 Å². The number of methoxy groups -OCH3 is 1. The smallest absolute Gasteiger partial charge is 0.146 e. The fraction of sp³-hybridized carbons (Fsp3) is 0.455. The summed E-state index contributed by atoms with van der Waals surface area (Å²) in [6, 6.07) is 19.6. The van der Waals surface area contributed by atoms with Crippen molar-refractivity contribution < 1.29 is 23.7 Å². The second-order valence-corrected chi connectivity index (χ2v) is 11.3. The lowest BCUT2D eigenvalue weighted by atomic mass is 9.84. The molecule has 3 aromatic carbocycles. The van der Waals surface area contributed by atoms with Crippen LogP contribution in [-0.4, -0.2) is 78.8 Å². The quantitative estimate of drug-likeness (QED) is 0.247. The van der Waals surface area contributed by atoms with Crippen molar-refractivity contribution in [3.05, 3.63) is 76.7 Å². The Labute approximate surface area is 252 Å². The van der Waals surface area contributed by atoms with Crippen molar-refractivity contribution in [1.29, 1.82) is 0 Å². The Balaban J connectivity index is 1.13. The number of nitrogens with zero attached hydrogens (tertiary/aromatic N) is 3. The minimum absolute atomic E-state index is 0.174. The SMILES string of the molecule is COCCCN1CCOc2ccc(CO[C@H]3CNC[C@@H](N=O)[C@@H]3c3ccc(Oc4ccc5c(c4)OCCN5C)cc3)cc21. The first-order chi connectivity index (χ1) is 21.1. The van der Waals surface area contributed by atoms with E-state index in [0.29, 0.717) is 44.4 Å². The summed E-state index contributed by atoms with van der Waals surface area (Å²) in [5.41, 5.74) is 4.20. The molecule has 0 amide bonds. The maximum atomic E-state index is 11.9. The highest BCUT2D eigenvalue weighted by Gasteiger charge is 2.36. The number of likely N-dealkylation sites (N-methyl/N-ethyl adjacent to an activating group) is 1. The van der Waals surface area contributed by atoms with Gasteiger partial charge in [0.1, 0.15) is 42.3 Å². The molecule has 10 nitrogen and oxygen atoms in total. The van der Waals surface area contributed by atoms with Gasteiger partial charge in [-0.05, 0) is 53.9 Å². The average Bonchev–Trinajstić information content (AvgIpc) is 3.04. The molecular weight excluding hydrogens is 548 g/mol. The number of hydrogen-bond donors (Lipinski definition) is 1. The number of fused-ring (bicyclic) bond motifs is 2. The molecule has 1 saturated heterocycles. The van der Waals surface area contributed by atoms with E-state index in [1.165, 1.54) is 0 Å². The standard InChI is InChI=1S/C33H40N4O6/c1-36-13-16-41-31-19-26(9-10-28(31)36)43-25-7-5-24(6-8-25)33-27(35-38)20-34-21-32(33)42-22-23-4-11-30-29(18-23)37(14-17-40-30)12-3-15-39-2/h4-11,18-19,27,32-34H,3,12-17,20-22H2,1-2H3/t27-,32+,33+/m1/s1. The van der Waals surface area contributed by atoms with Crippen molar-refractivity contribution in [3.8, 4) is 23.0 Å². The van der Waals surface area contributed by atoms with Gasteiger partial charge in [-0.25, -0.2) is 0 Å². The Morgan fingerprint density at radius 1 is 0.930 bits per heavy atom. The minimum Gasteiger partial charge on any atom is -0.490 e. The summed E-state index contributed by atoms with van der Waals surface area (Å²) in [4.78, 5) is 16.4. The number of nitrogens with one attached hydrogen (secondary N) is 1. The van der Waals surface area contributed by atoms with E-state index >= 15 is 0 Å². The topological polar surface area (TPSA) is 94.1 Å². The summed E-state index contributed by atoms with van der Waals surface area (Å²) in [5.74, 6) is 2.97. The molecule has 0 bridgehead atoms. The molecule has 3 aliphatic rings. The van der Waals surface area contributed by atoms with Crippen LogP contribution in [0.5, 0.6) is 23.0 Å². The molecule has 6 rings (SSSR count). The highest BCUT2D eigenvalue weighted by Crippen LogP contribution is 2.37. The van der Waals surface area contributed by atoms with E-state index in [2.05, 4.69) is 33.4 Å². The normalized spacial score (nSPS) is 21.3. The number of nitroso groups, excluding NO2 is 1. The molecule has 3 heterocycles. The first-order valence-electron chi connectivity index (χ1n) is 15.0. The Morgan fingerprint density at radius 2 is 1.74 bits per heavy atom. The van der Waals surface area contributed by atoms with Gasteiger partial charge in [0.05, 0.1) is 37.2 Å². The largest absolute Gasteiger partial charge is 0.490 e. The van der Waals surface area contributed by atoms with E-state index in [-0.39, 0.29) is 12.0 Å². The first-order valence-corrected chi connectivity index (χ1v) is 15.0. The van der Waals surface area contributed by atoms with Crippen LogP contribution in [0.25, 0.3) is 0 Å². The summed E-state index contributed by atoms with van der Waals surface area (Å²) >= 11 is 0. The number of ether oxygens (including phenoxy) is 5. The van der Waals surface area contributed by atoms with Crippen LogP contribution in [0.3, 0.4) is 0 Å². The monoisotopic (exact) mass is 588 g/mol. The summed E-state index contributed by atoms with van der Waals surface area (Å²) < 4.78 is 29.6. The summed E-state index contributed by atoms with van der Waals surface area (Å²) in [6.07, 6.45) is 0.734. The zero-order valence-electron chi connectivity index (χ0n) is 24.9. The van der Waals surface area contributed by atoms with Crippen molar-refractivity contribution in [1.82, 2.24) is 5.32 Å². The van der Waals surface area contributed by atoms with Crippen LogP contribution in [0.15, 0.2) is 65.8 Å². The summed E-state index contributed by atoms with van der Waals surface area (Å²) in [7, 11) is 3.79. The van der Waals surface area contributed by atoms with Gasteiger partial charge < -0.3 is 38.8 Å². The highest BCUT2D eigenvalue weighted by atomic mass is 16.5. The van der Waals surface area contributed by atoms with Gasteiger partial charge in [-0.15, -0.1) is 0 Å². The molecule has 0 radical (unpaired) electrons. The molecule has 1 fully saturated rings. The van der Waals surface area contributed by atoms with Crippen LogP contribution in [-0.2, 0) is 16.1 Å². The molecular formula is C33H40N4O6. The summed E-state index contributed by atoms with van der Waals surface area (Å²) in [5, 5.41) is 6.81. The van der Waals surface area contributed by atoms with E-state index in [9.17, 15) is 4.91 Å². The van der Waals surface area contributed by atoms with Gasteiger partial charge in [0.25, 0.3) is 0 Å². The molecule has 43 heavy (non-hydrogen) atoms. The van der Waals surface area contributed by atoms with Gasteiger partial charge in [0.2, 0.25) is 0 Å². The van der Waals surface area contributed by atoms with Crippen LogP contribution in [0.4, 0.5) is 11.4 Å². The van der Waals surface area contributed by atoms with E-state index in [4.69, 9.17) is 23.7 Å². The van der Waals surface area contributed by atoms with Crippen LogP contribution in [0.1, 0.15) is 23.5 Å². The first kappa shape index (κ1) is 29.2. The molecule has 0 unspecified atom stereocenters. The Bertz CT molecular complexity index is 1390. The van der Waals surface area contributed by atoms with E-state index in [1.54, 1.807) is 7.11 Å². The molecule has 0 saturated carbocycles. The second kappa shape index (κ2) is 13.6. The third kappa shape index (κ3) is 6.71. The van der Waals surface area contributed by atoms with Crippen LogP contribution >= 0.6 is 0 Å². The highest BCUT2D eigenvalue weighted by molar-refractivity contribution is 5.62. The minimum atomic E-state index is -0.437. The third-order valence-corrected chi connectivity index (χ3v) is 8.40. The van der Waals surface area contributed by atoms with Gasteiger partial charge in [-0.1, -0.05) is 23.4 Å². The lowest BCUT2D eigenvalue weighted by Gasteiger charge is -2.36. The Kier molecular flexibility index (Phi) is 9.26. The lowest BCUT2D eigenvalue weighted by molar-refractivity contribution is 0.00539. The van der Waals surface area contributed by atoms with Gasteiger partial charge >= 0.3 is 0 Å². The van der Waals surface area contributed by atoms with Crippen LogP contribution in [0.2, 0.25) is 0 Å². The molecule has 0 aromatic heterocycles. The van der Waals surface area contributed by atoms with Crippen molar-refractivity contribution in [3.63, 3.8) is 0 Å². The third-order valence-electron chi connectivity index (χ3n) is 8.40. The van der Waals surface area contributed by atoms with E-state index in [1.807, 2.05) is 54.6 Å². The average molecular weight is 589 g/mol. The fourth-order valence-corrected chi connectivity index (χ4v) is 6.12.